The maximum atomic E-state index is 9.45. The van der Waals surface area contributed by atoms with Crippen LogP contribution >= 0.6 is 11.3 Å². The Balaban J connectivity index is 1.80. The van der Waals surface area contributed by atoms with E-state index in [1.54, 1.807) is 0 Å². The van der Waals surface area contributed by atoms with E-state index in [0.717, 1.165) is 39.0 Å². The first-order chi connectivity index (χ1) is 7.90. The van der Waals surface area contributed by atoms with E-state index in [1.165, 1.54) is 4.88 Å². The zero-order chi connectivity index (χ0) is 11.2. The Bertz CT molecular complexity index is 283. The molecule has 1 fully saturated rings. The van der Waals surface area contributed by atoms with Crippen molar-refractivity contribution in [3.8, 4) is 0 Å². The first-order valence-corrected chi connectivity index (χ1v) is 6.86. The van der Waals surface area contributed by atoms with Crippen LogP contribution in [0.2, 0.25) is 0 Å². The summed E-state index contributed by atoms with van der Waals surface area (Å²) < 4.78 is 0. The molecule has 16 heavy (non-hydrogen) atoms. The lowest BCUT2D eigenvalue weighted by atomic mass is 10.1. The van der Waals surface area contributed by atoms with E-state index in [9.17, 15) is 5.11 Å². The van der Waals surface area contributed by atoms with Gasteiger partial charge < -0.3 is 10.4 Å². The number of aryl methyl sites for hydroxylation is 1. The molecule has 0 aromatic carbocycles. The van der Waals surface area contributed by atoms with Crippen molar-refractivity contribution >= 4 is 11.3 Å². The molecule has 1 unspecified atom stereocenters. The third kappa shape index (κ3) is 3.28. The normalized spacial score (nSPS) is 19.8. The van der Waals surface area contributed by atoms with Crippen LogP contribution in [0.5, 0.6) is 0 Å². The zero-order valence-electron chi connectivity index (χ0n) is 9.56. The molecule has 2 N–H and O–H groups in total. The van der Waals surface area contributed by atoms with Crippen LogP contribution < -0.4 is 5.32 Å². The summed E-state index contributed by atoms with van der Waals surface area (Å²) in [5.74, 6) is 0. The molecule has 1 aliphatic heterocycles. The van der Waals surface area contributed by atoms with Crippen molar-refractivity contribution in [1.29, 1.82) is 0 Å². The molecule has 0 spiro atoms. The van der Waals surface area contributed by atoms with Gasteiger partial charge in [-0.3, -0.25) is 4.90 Å². The topological polar surface area (TPSA) is 35.5 Å². The lowest BCUT2D eigenvalue weighted by Crippen LogP contribution is -2.49. The molecule has 90 valence electrons. The van der Waals surface area contributed by atoms with Gasteiger partial charge in [0.25, 0.3) is 0 Å². The minimum absolute atomic E-state index is 0.283. The van der Waals surface area contributed by atoms with Crippen molar-refractivity contribution in [2.24, 2.45) is 0 Å². The van der Waals surface area contributed by atoms with E-state index in [1.807, 2.05) is 11.3 Å². The van der Waals surface area contributed by atoms with Gasteiger partial charge in [-0.25, -0.2) is 0 Å². The minimum Gasteiger partial charge on any atom is -0.395 e. The summed E-state index contributed by atoms with van der Waals surface area (Å²) in [5, 5.41) is 14.9. The van der Waals surface area contributed by atoms with Crippen LogP contribution in [0.25, 0.3) is 0 Å². The number of nitrogens with one attached hydrogen (secondary N) is 1. The number of nitrogens with zero attached hydrogens (tertiary/aromatic N) is 1. The molecular weight excluding hydrogens is 220 g/mol. The quantitative estimate of drug-likeness (QED) is 0.804. The van der Waals surface area contributed by atoms with E-state index >= 15 is 0 Å². The van der Waals surface area contributed by atoms with Crippen molar-refractivity contribution in [2.45, 2.75) is 18.9 Å². The van der Waals surface area contributed by atoms with E-state index in [2.05, 4.69) is 27.7 Å². The summed E-state index contributed by atoms with van der Waals surface area (Å²) in [6, 6.07) is 4.61. The Morgan fingerprint density at radius 2 is 2.25 bits per heavy atom. The van der Waals surface area contributed by atoms with E-state index in [-0.39, 0.29) is 6.61 Å². The largest absolute Gasteiger partial charge is 0.395 e. The van der Waals surface area contributed by atoms with E-state index < -0.39 is 0 Å². The summed E-state index contributed by atoms with van der Waals surface area (Å²) in [5.41, 5.74) is 0. The SMILES string of the molecule is OCC(CCc1cccs1)N1CCNCC1. The molecule has 1 atom stereocenters. The molecular formula is C12H20N2OS. The monoisotopic (exact) mass is 240 g/mol. The Kier molecular flexibility index (Phi) is 4.78. The van der Waals surface area contributed by atoms with Crippen molar-refractivity contribution in [2.75, 3.05) is 32.8 Å². The van der Waals surface area contributed by atoms with Gasteiger partial charge in [0.2, 0.25) is 0 Å². The second-order valence-corrected chi connectivity index (χ2v) is 5.27. The number of hydrogen-bond donors (Lipinski definition) is 2. The van der Waals surface area contributed by atoms with Crippen LogP contribution in [0.4, 0.5) is 0 Å². The number of rotatable bonds is 5. The molecule has 2 rings (SSSR count). The van der Waals surface area contributed by atoms with Crippen LogP contribution in [0, 0.1) is 0 Å². The van der Waals surface area contributed by atoms with Gasteiger partial charge in [0.05, 0.1) is 6.61 Å². The van der Waals surface area contributed by atoms with Crippen LogP contribution in [-0.2, 0) is 6.42 Å². The summed E-state index contributed by atoms with van der Waals surface area (Å²) in [6.45, 7) is 4.52. The summed E-state index contributed by atoms with van der Waals surface area (Å²) >= 11 is 1.81. The molecule has 0 bridgehead atoms. The molecule has 1 saturated heterocycles. The van der Waals surface area contributed by atoms with Crippen molar-refractivity contribution in [3.63, 3.8) is 0 Å². The highest BCUT2D eigenvalue weighted by atomic mass is 32.1. The third-order valence-electron chi connectivity index (χ3n) is 3.18. The van der Waals surface area contributed by atoms with Gasteiger partial charge in [-0.15, -0.1) is 11.3 Å². The zero-order valence-corrected chi connectivity index (χ0v) is 10.4. The van der Waals surface area contributed by atoms with Crippen LogP contribution in [0.1, 0.15) is 11.3 Å². The summed E-state index contributed by atoms with van der Waals surface area (Å²) in [4.78, 5) is 3.83. The average Bonchev–Trinajstić information content (AvgIpc) is 2.84. The van der Waals surface area contributed by atoms with Crippen molar-refractivity contribution in [1.82, 2.24) is 10.2 Å². The smallest absolute Gasteiger partial charge is 0.0587 e. The Morgan fingerprint density at radius 1 is 1.44 bits per heavy atom. The van der Waals surface area contributed by atoms with Crippen molar-refractivity contribution in [3.05, 3.63) is 22.4 Å². The van der Waals surface area contributed by atoms with Gasteiger partial charge in [0.1, 0.15) is 0 Å². The third-order valence-corrected chi connectivity index (χ3v) is 4.12. The lowest BCUT2D eigenvalue weighted by molar-refractivity contribution is 0.105. The van der Waals surface area contributed by atoms with Gasteiger partial charge in [-0.2, -0.15) is 0 Å². The van der Waals surface area contributed by atoms with E-state index in [0.29, 0.717) is 6.04 Å². The lowest BCUT2D eigenvalue weighted by Gasteiger charge is -2.33. The number of thiophene rings is 1. The maximum Gasteiger partial charge on any atom is 0.0587 e. The number of aliphatic hydroxyl groups is 1. The van der Waals surface area contributed by atoms with Gasteiger partial charge in [0.15, 0.2) is 0 Å². The number of piperazine rings is 1. The van der Waals surface area contributed by atoms with Crippen LogP contribution in [-0.4, -0.2) is 48.8 Å². The molecule has 3 nitrogen and oxygen atoms in total. The fourth-order valence-electron chi connectivity index (χ4n) is 2.20. The predicted molar refractivity (Wildman–Crippen MR) is 68.0 cm³/mol. The van der Waals surface area contributed by atoms with Gasteiger partial charge in [-0.1, -0.05) is 6.07 Å². The molecule has 0 aliphatic carbocycles. The molecule has 1 aromatic heterocycles. The molecule has 2 heterocycles. The Hall–Kier alpha value is -0.420. The van der Waals surface area contributed by atoms with Crippen LogP contribution in [0.15, 0.2) is 17.5 Å². The highest BCUT2D eigenvalue weighted by Crippen LogP contribution is 2.14. The highest BCUT2D eigenvalue weighted by Gasteiger charge is 2.19. The fourth-order valence-corrected chi connectivity index (χ4v) is 2.93. The Morgan fingerprint density at radius 3 is 2.88 bits per heavy atom. The standard InChI is InChI=1S/C12H20N2OS/c15-10-11(14-7-5-13-6-8-14)3-4-12-2-1-9-16-12/h1-2,9,11,13,15H,3-8,10H2. The second kappa shape index (κ2) is 6.35. The number of aliphatic hydroxyl groups excluding tert-OH is 1. The predicted octanol–water partition coefficient (Wildman–Crippen LogP) is 0.947. The Labute approximate surface area is 101 Å². The molecule has 1 aliphatic rings. The van der Waals surface area contributed by atoms with Crippen molar-refractivity contribution < 1.29 is 5.11 Å². The first kappa shape index (κ1) is 12.0. The highest BCUT2D eigenvalue weighted by molar-refractivity contribution is 7.09. The van der Waals surface area contributed by atoms with E-state index in [4.69, 9.17) is 0 Å². The summed E-state index contributed by atoms with van der Waals surface area (Å²) in [6.07, 6.45) is 2.16. The molecule has 1 aromatic rings. The van der Waals surface area contributed by atoms with Gasteiger partial charge in [-0.05, 0) is 24.3 Å². The fraction of sp³-hybridized carbons (Fsp3) is 0.667. The summed E-state index contributed by atoms with van der Waals surface area (Å²) in [7, 11) is 0. The van der Waals surface area contributed by atoms with Crippen LogP contribution in [0.3, 0.4) is 0 Å². The first-order valence-electron chi connectivity index (χ1n) is 5.98. The molecule has 0 saturated carbocycles. The maximum absolute atomic E-state index is 9.45. The molecule has 0 amide bonds. The average molecular weight is 240 g/mol. The molecule has 4 heteroatoms. The second-order valence-electron chi connectivity index (χ2n) is 4.24. The van der Waals surface area contributed by atoms with Gasteiger partial charge in [0, 0.05) is 37.1 Å². The minimum atomic E-state index is 0.283. The van der Waals surface area contributed by atoms with Gasteiger partial charge >= 0.3 is 0 Å². The molecule has 0 radical (unpaired) electrons. The number of hydrogen-bond acceptors (Lipinski definition) is 4.